The average molecular weight is 350 g/mol. The highest BCUT2D eigenvalue weighted by Gasteiger charge is 2.14. The third kappa shape index (κ3) is 5.32. The molecule has 1 atom stereocenters. The van der Waals surface area contributed by atoms with Crippen molar-refractivity contribution in [2.24, 2.45) is 0 Å². The lowest BCUT2D eigenvalue weighted by Gasteiger charge is -2.12. The summed E-state index contributed by atoms with van der Waals surface area (Å²) >= 11 is 0. The number of rotatable bonds is 7. The van der Waals surface area contributed by atoms with Gasteiger partial charge in [-0.1, -0.05) is 12.1 Å². The number of nitrogens with one attached hydrogen (secondary N) is 1. The SMILES string of the molecule is COc1cccc(COc2ccc(OCC3CCCN3)cc2)c1.Cl. The van der Waals surface area contributed by atoms with Crippen LogP contribution in [0.4, 0.5) is 0 Å². The van der Waals surface area contributed by atoms with Gasteiger partial charge in [0.25, 0.3) is 0 Å². The van der Waals surface area contributed by atoms with Gasteiger partial charge in [0.05, 0.1) is 7.11 Å². The van der Waals surface area contributed by atoms with E-state index >= 15 is 0 Å². The highest BCUT2D eigenvalue weighted by atomic mass is 35.5. The summed E-state index contributed by atoms with van der Waals surface area (Å²) in [6, 6.07) is 16.2. The first kappa shape index (κ1) is 18.4. The van der Waals surface area contributed by atoms with Crippen LogP contribution in [0.3, 0.4) is 0 Å². The Bertz CT molecular complexity index is 612. The van der Waals surface area contributed by atoms with Gasteiger partial charge in [0, 0.05) is 6.04 Å². The maximum atomic E-state index is 5.80. The van der Waals surface area contributed by atoms with E-state index in [-0.39, 0.29) is 12.4 Å². The number of ether oxygens (including phenoxy) is 3. The van der Waals surface area contributed by atoms with Crippen LogP contribution in [0.1, 0.15) is 18.4 Å². The summed E-state index contributed by atoms with van der Waals surface area (Å²) < 4.78 is 16.8. The predicted molar refractivity (Wildman–Crippen MR) is 97.5 cm³/mol. The van der Waals surface area contributed by atoms with Crippen LogP contribution in [0.5, 0.6) is 17.2 Å². The summed E-state index contributed by atoms with van der Waals surface area (Å²) in [5, 5.41) is 3.43. The summed E-state index contributed by atoms with van der Waals surface area (Å²) in [6.45, 7) is 2.35. The Morgan fingerprint density at radius 3 is 2.42 bits per heavy atom. The van der Waals surface area contributed by atoms with Gasteiger partial charge >= 0.3 is 0 Å². The van der Waals surface area contributed by atoms with Crippen molar-refractivity contribution < 1.29 is 14.2 Å². The first-order valence-electron chi connectivity index (χ1n) is 8.05. The molecule has 3 rings (SSSR count). The first-order chi connectivity index (χ1) is 11.3. The van der Waals surface area contributed by atoms with Crippen molar-refractivity contribution in [2.75, 3.05) is 20.3 Å². The second kappa shape index (κ2) is 9.40. The van der Waals surface area contributed by atoms with Crippen molar-refractivity contribution in [1.82, 2.24) is 5.32 Å². The molecule has 0 aromatic heterocycles. The Hall–Kier alpha value is -1.91. The highest BCUT2D eigenvalue weighted by Crippen LogP contribution is 2.20. The van der Waals surface area contributed by atoms with Crippen LogP contribution in [0.15, 0.2) is 48.5 Å². The van der Waals surface area contributed by atoms with Gasteiger partial charge in [-0.15, -0.1) is 12.4 Å². The normalized spacial score (nSPS) is 16.3. The molecule has 0 saturated carbocycles. The molecule has 1 N–H and O–H groups in total. The Labute approximate surface area is 149 Å². The van der Waals surface area contributed by atoms with Gasteiger partial charge in [0.1, 0.15) is 30.5 Å². The molecule has 130 valence electrons. The zero-order valence-electron chi connectivity index (χ0n) is 13.9. The molecule has 1 fully saturated rings. The van der Waals surface area contributed by atoms with E-state index in [1.807, 2.05) is 48.5 Å². The molecule has 0 bridgehead atoms. The lowest BCUT2D eigenvalue weighted by Crippen LogP contribution is -2.28. The maximum Gasteiger partial charge on any atom is 0.120 e. The van der Waals surface area contributed by atoms with E-state index in [0.29, 0.717) is 12.6 Å². The minimum atomic E-state index is 0. The van der Waals surface area contributed by atoms with Crippen molar-refractivity contribution in [3.63, 3.8) is 0 Å². The fraction of sp³-hybridized carbons (Fsp3) is 0.368. The van der Waals surface area contributed by atoms with Crippen LogP contribution in [-0.4, -0.2) is 26.3 Å². The Balaban J connectivity index is 0.00000208. The molecule has 1 aliphatic rings. The van der Waals surface area contributed by atoms with Crippen molar-refractivity contribution >= 4 is 12.4 Å². The van der Waals surface area contributed by atoms with Gasteiger partial charge in [0.15, 0.2) is 0 Å². The molecule has 1 saturated heterocycles. The van der Waals surface area contributed by atoms with E-state index < -0.39 is 0 Å². The number of hydrogen-bond acceptors (Lipinski definition) is 4. The molecule has 2 aromatic carbocycles. The molecule has 0 amide bonds. The topological polar surface area (TPSA) is 39.7 Å². The highest BCUT2D eigenvalue weighted by molar-refractivity contribution is 5.85. The zero-order chi connectivity index (χ0) is 15.9. The molecule has 1 aliphatic heterocycles. The van der Waals surface area contributed by atoms with Crippen LogP contribution >= 0.6 is 12.4 Å². The van der Waals surface area contributed by atoms with E-state index in [2.05, 4.69) is 5.32 Å². The third-order valence-corrected chi connectivity index (χ3v) is 3.98. The first-order valence-corrected chi connectivity index (χ1v) is 8.05. The molecule has 24 heavy (non-hydrogen) atoms. The Kier molecular flexibility index (Phi) is 7.22. The van der Waals surface area contributed by atoms with E-state index in [1.165, 1.54) is 12.8 Å². The molecule has 0 spiro atoms. The standard InChI is InChI=1S/C19H23NO3.ClH/c1-21-19-6-2-4-15(12-19)13-22-17-7-9-18(10-8-17)23-14-16-5-3-11-20-16;/h2,4,6-10,12,16,20H,3,5,11,13-14H2,1H3;1H. The summed E-state index contributed by atoms with van der Waals surface area (Å²) in [5.41, 5.74) is 1.08. The molecule has 4 nitrogen and oxygen atoms in total. The number of hydrogen-bond donors (Lipinski definition) is 1. The van der Waals surface area contributed by atoms with Gasteiger partial charge in [-0.2, -0.15) is 0 Å². The van der Waals surface area contributed by atoms with Crippen LogP contribution < -0.4 is 19.5 Å². The van der Waals surface area contributed by atoms with Crippen molar-refractivity contribution in [1.29, 1.82) is 0 Å². The van der Waals surface area contributed by atoms with Crippen molar-refractivity contribution in [3.05, 3.63) is 54.1 Å². The van der Waals surface area contributed by atoms with E-state index in [4.69, 9.17) is 14.2 Å². The van der Waals surface area contributed by atoms with E-state index in [0.717, 1.165) is 36.0 Å². The van der Waals surface area contributed by atoms with Crippen molar-refractivity contribution in [2.45, 2.75) is 25.5 Å². The molecule has 1 heterocycles. The van der Waals surface area contributed by atoms with Crippen LogP contribution in [-0.2, 0) is 6.61 Å². The minimum Gasteiger partial charge on any atom is -0.497 e. The smallest absolute Gasteiger partial charge is 0.120 e. The Morgan fingerprint density at radius 2 is 1.75 bits per heavy atom. The van der Waals surface area contributed by atoms with Crippen LogP contribution in [0.25, 0.3) is 0 Å². The molecule has 0 radical (unpaired) electrons. The fourth-order valence-corrected chi connectivity index (χ4v) is 2.66. The predicted octanol–water partition coefficient (Wildman–Crippen LogP) is 3.83. The van der Waals surface area contributed by atoms with Crippen LogP contribution in [0, 0.1) is 0 Å². The minimum absolute atomic E-state index is 0. The van der Waals surface area contributed by atoms with Gasteiger partial charge in [-0.3, -0.25) is 0 Å². The second-order valence-corrected chi connectivity index (χ2v) is 5.72. The van der Waals surface area contributed by atoms with Gasteiger partial charge < -0.3 is 19.5 Å². The monoisotopic (exact) mass is 349 g/mol. The summed E-state index contributed by atoms with van der Waals surface area (Å²) in [6.07, 6.45) is 2.44. The lowest BCUT2D eigenvalue weighted by atomic mass is 10.2. The number of methoxy groups -OCH3 is 1. The molecular formula is C19H24ClNO3. The third-order valence-electron chi connectivity index (χ3n) is 3.98. The quantitative estimate of drug-likeness (QED) is 0.824. The fourth-order valence-electron chi connectivity index (χ4n) is 2.66. The summed E-state index contributed by atoms with van der Waals surface area (Å²) in [4.78, 5) is 0. The zero-order valence-corrected chi connectivity index (χ0v) is 14.7. The molecule has 0 aliphatic carbocycles. The summed E-state index contributed by atoms with van der Waals surface area (Å²) in [5.74, 6) is 2.56. The second-order valence-electron chi connectivity index (χ2n) is 5.72. The van der Waals surface area contributed by atoms with Gasteiger partial charge in [-0.05, 0) is 61.3 Å². The lowest BCUT2D eigenvalue weighted by molar-refractivity contribution is 0.275. The number of halogens is 1. The Morgan fingerprint density at radius 1 is 1.00 bits per heavy atom. The van der Waals surface area contributed by atoms with E-state index in [9.17, 15) is 0 Å². The van der Waals surface area contributed by atoms with Gasteiger partial charge in [-0.25, -0.2) is 0 Å². The molecule has 5 heteroatoms. The number of benzene rings is 2. The molecular weight excluding hydrogens is 326 g/mol. The average Bonchev–Trinajstić information content (AvgIpc) is 3.13. The molecule has 2 aromatic rings. The summed E-state index contributed by atoms with van der Waals surface area (Å²) in [7, 11) is 1.67. The largest absolute Gasteiger partial charge is 0.497 e. The van der Waals surface area contributed by atoms with Crippen molar-refractivity contribution in [3.8, 4) is 17.2 Å². The maximum absolute atomic E-state index is 5.80. The van der Waals surface area contributed by atoms with Gasteiger partial charge in [0.2, 0.25) is 0 Å². The van der Waals surface area contributed by atoms with Crippen LogP contribution in [0.2, 0.25) is 0 Å². The molecule has 1 unspecified atom stereocenters. The van der Waals surface area contributed by atoms with E-state index in [1.54, 1.807) is 7.11 Å².